The summed E-state index contributed by atoms with van der Waals surface area (Å²) in [5, 5.41) is -0.893. The van der Waals surface area contributed by atoms with Gasteiger partial charge in [-0.25, -0.2) is 4.39 Å². The molecule has 0 radical (unpaired) electrons. The normalized spacial score (nSPS) is 14.5. The Bertz CT molecular complexity index is 1180. The molecule has 2 unspecified atom stereocenters. The molecule has 0 aliphatic rings. The number of carbonyl (C=O) groups is 1. The van der Waals surface area contributed by atoms with Crippen molar-refractivity contribution in [2.24, 2.45) is 5.92 Å². The van der Waals surface area contributed by atoms with Crippen LogP contribution in [0.1, 0.15) is 39.5 Å². The molecule has 0 saturated carbocycles. The molecular weight excluding hydrogens is 605 g/mol. The van der Waals surface area contributed by atoms with Crippen LogP contribution < -0.4 is 9.47 Å². The summed E-state index contributed by atoms with van der Waals surface area (Å²) in [7, 11) is 0. The van der Waals surface area contributed by atoms with Gasteiger partial charge in [0.15, 0.2) is 11.6 Å². The van der Waals surface area contributed by atoms with E-state index in [9.17, 15) is 53.1 Å². The SMILES string of the molecule is CCC(C)C(Cl)C(=O)Oc1ccc(-c2ccc(OCCCCC(F)(F)C(F)(F)C(F)(F)C(F)(F)F)c(F)c2F)cc1. The van der Waals surface area contributed by atoms with Gasteiger partial charge < -0.3 is 9.47 Å². The zero-order valence-corrected chi connectivity index (χ0v) is 22.2. The van der Waals surface area contributed by atoms with E-state index in [-0.39, 0.29) is 22.8 Å². The van der Waals surface area contributed by atoms with Crippen molar-refractivity contribution in [1.29, 1.82) is 0 Å². The van der Waals surface area contributed by atoms with Crippen molar-refractivity contribution in [2.45, 2.75) is 68.9 Å². The number of rotatable bonds is 13. The van der Waals surface area contributed by atoms with E-state index >= 15 is 0 Å². The van der Waals surface area contributed by atoms with Gasteiger partial charge in [-0.15, -0.1) is 11.6 Å². The molecule has 3 nitrogen and oxygen atoms in total. The molecule has 15 heteroatoms. The number of ether oxygens (including phenoxy) is 2. The standard InChI is InChI=1S/C26H24ClF11O3/c1-3-14(2)19(27)22(39)41-16-8-6-15(7-9-16)17-10-11-18(21(29)20(17)28)40-13-5-4-12-23(30,31)24(32,33)25(34,35)26(36,37)38/h6-11,14,19H,3-5,12-13H2,1-2H3. The molecule has 2 aromatic rings. The van der Waals surface area contributed by atoms with E-state index in [0.717, 1.165) is 12.1 Å². The Morgan fingerprint density at radius 1 is 0.854 bits per heavy atom. The van der Waals surface area contributed by atoms with Crippen LogP contribution in [0.25, 0.3) is 11.1 Å². The third-order valence-electron chi connectivity index (χ3n) is 6.15. The molecule has 0 fully saturated rings. The van der Waals surface area contributed by atoms with Crippen LogP contribution in [0.4, 0.5) is 48.3 Å². The summed E-state index contributed by atoms with van der Waals surface area (Å²) < 4.78 is 155. The van der Waals surface area contributed by atoms with Crippen molar-refractivity contribution in [3.05, 3.63) is 48.0 Å². The third kappa shape index (κ3) is 7.55. The zero-order valence-electron chi connectivity index (χ0n) is 21.4. The highest BCUT2D eigenvalue weighted by atomic mass is 35.5. The lowest BCUT2D eigenvalue weighted by Crippen LogP contribution is -2.60. The number of esters is 1. The Hall–Kier alpha value is -2.77. The van der Waals surface area contributed by atoms with Crippen molar-refractivity contribution in [2.75, 3.05) is 6.61 Å². The van der Waals surface area contributed by atoms with Gasteiger partial charge in [-0.2, -0.15) is 43.9 Å². The Kier molecular flexibility index (Phi) is 10.9. The molecule has 0 amide bonds. The van der Waals surface area contributed by atoms with E-state index in [1.165, 1.54) is 24.3 Å². The topological polar surface area (TPSA) is 35.5 Å². The molecule has 0 aliphatic carbocycles. The van der Waals surface area contributed by atoms with Gasteiger partial charge in [0.1, 0.15) is 11.1 Å². The number of hydrogen-bond acceptors (Lipinski definition) is 3. The fraction of sp³-hybridized carbons (Fsp3) is 0.500. The van der Waals surface area contributed by atoms with Crippen molar-refractivity contribution < 1.29 is 62.6 Å². The first kappa shape index (κ1) is 34.4. The number of halogens is 12. The van der Waals surface area contributed by atoms with Gasteiger partial charge in [0.25, 0.3) is 0 Å². The van der Waals surface area contributed by atoms with Crippen LogP contribution in [0.5, 0.6) is 11.5 Å². The molecule has 0 saturated heterocycles. The molecule has 2 rings (SSSR count). The number of alkyl halides is 10. The van der Waals surface area contributed by atoms with Crippen molar-refractivity contribution in [3.8, 4) is 22.6 Å². The summed E-state index contributed by atoms with van der Waals surface area (Å²) in [5.41, 5.74) is -0.0778. The van der Waals surface area contributed by atoms with Crippen molar-refractivity contribution >= 4 is 17.6 Å². The van der Waals surface area contributed by atoms with Gasteiger partial charge in [0, 0.05) is 12.0 Å². The number of unbranched alkanes of at least 4 members (excludes halogenated alkanes) is 1. The first-order chi connectivity index (χ1) is 18.8. The molecule has 2 atom stereocenters. The maximum Gasteiger partial charge on any atom is 0.460 e. The fourth-order valence-electron chi connectivity index (χ4n) is 3.38. The highest BCUT2D eigenvalue weighted by molar-refractivity contribution is 6.30. The molecule has 0 aromatic heterocycles. The molecule has 0 bridgehead atoms. The van der Waals surface area contributed by atoms with Gasteiger partial charge in [-0.3, -0.25) is 4.79 Å². The molecule has 0 aliphatic heterocycles. The number of benzene rings is 2. The van der Waals surface area contributed by atoms with Crippen molar-refractivity contribution in [1.82, 2.24) is 0 Å². The summed E-state index contributed by atoms with van der Waals surface area (Å²) in [6.45, 7) is 2.93. The van der Waals surface area contributed by atoms with Crippen LogP contribution in [-0.4, -0.2) is 41.9 Å². The summed E-state index contributed by atoms with van der Waals surface area (Å²) in [5.74, 6) is -23.7. The first-order valence-corrected chi connectivity index (χ1v) is 12.5. The number of hydrogen-bond donors (Lipinski definition) is 0. The zero-order chi connectivity index (χ0) is 31.4. The largest absolute Gasteiger partial charge is 0.490 e. The van der Waals surface area contributed by atoms with Gasteiger partial charge >= 0.3 is 29.9 Å². The second-order valence-corrected chi connectivity index (χ2v) is 9.60. The van der Waals surface area contributed by atoms with Crippen LogP contribution in [-0.2, 0) is 4.79 Å². The first-order valence-electron chi connectivity index (χ1n) is 12.1. The molecule has 0 spiro atoms. The summed E-state index contributed by atoms with van der Waals surface area (Å²) in [6.07, 6.45) is -9.93. The van der Waals surface area contributed by atoms with Gasteiger partial charge in [-0.1, -0.05) is 32.4 Å². The van der Waals surface area contributed by atoms with Crippen LogP contribution in [0.15, 0.2) is 36.4 Å². The van der Waals surface area contributed by atoms with E-state index in [4.69, 9.17) is 21.1 Å². The predicted molar refractivity (Wildman–Crippen MR) is 127 cm³/mol. The van der Waals surface area contributed by atoms with Crippen molar-refractivity contribution in [3.63, 3.8) is 0 Å². The van der Waals surface area contributed by atoms with Gasteiger partial charge in [0.2, 0.25) is 5.82 Å². The fourth-order valence-corrected chi connectivity index (χ4v) is 3.60. The van der Waals surface area contributed by atoms with Gasteiger partial charge in [-0.05, 0) is 48.6 Å². The van der Waals surface area contributed by atoms with Crippen LogP contribution in [0, 0.1) is 17.6 Å². The van der Waals surface area contributed by atoms with E-state index in [1.807, 2.05) is 6.92 Å². The van der Waals surface area contributed by atoms with Crippen LogP contribution in [0.2, 0.25) is 0 Å². The van der Waals surface area contributed by atoms with Crippen LogP contribution >= 0.6 is 11.6 Å². The molecule has 41 heavy (non-hydrogen) atoms. The van der Waals surface area contributed by atoms with Gasteiger partial charge in [0.05, 0.1) is 6.61 Å². The Morgan fingerprint density at radius 3 is 1.98 bits per heavy atom. The maximum absolute atomic E-state index is 14.7. The van der Waals surface area contributed by atoms with E-state index in [1.54, 1.807) is 6.92 Å². The quantitative estimate of drug-likeness (QED) is 0.0730. The van der Waals surface area contributed by atoms with E-state index in [0.29, 0.717) is 6.42 Å². The average Bonchev–Trinajstić information content (AvgIpc) is 2.89. The maximum atomic E-state index is 14.7. The average molecular weight is 629 g/mol. The predicted octanol–water partition coefficient (Wildman–Crippen LogP) is 9.21. The number of carbonyl (C=O) groups excluding carboxylic acids is 1. The second-order valence-electron chi connectivity index (χ2n) is 9.13. The molecule has 0 N–H and O–H groups in total. The lowest BCUT2D eigenvalue weighted by molar-refractivity contribution is -0.396. The highest BCUT2D eigenvalue weighted by Gasteiger charge is 2.81. The highest BCUT2D eigenvalue weighted by Crippen LogP contribution is 2.54. The molecular formula is C26H24ClF11O3. The summed E-state index contributed by atoms with van der Waals surface area (Å²) >= 11 is 6.03. The van der Waals surface area contributed by atoms with E-state index in [2.05, 4.69) is 0 Å². The molecule has 2 aromatic carbocycles. The summed E-state index contributed by atoms with van der Waals surface area (Å²) in [4.78, 5) is 12.1. The monoisotopic (exact) mass is 628 g/mol. The smallest absolute Gasteiger partial charge is 0.460 e. The van der Waals surface area contributed by atoms with Crippen LogP contribution in [0.3, 0.4) is 0 Å². The Labute approximate surface area is 232 Å². The summed E-state index contributed by atoms with van der Waals surface area (Å²) in [6, 6.07) is 7.36. The molecule has 0 heterocycles. The minimum atomic E-state index is -6.98. The Balaban J connectivity index is 1.99. The lowest BCUT2D eigenvalue weighted by atomic mass is 9.99. The minimum absolute atomic E-state index is 0.0963. The third-order valence-corrected chi connectivity index (χ3v) is 6.76. The van der Waals surface area contributed by atoms with E-state index < -0.39 is 78.5 Å². The minimum Gasteiger partial charge on any atom is -0.490 e. The molecule has 230 valence electrons. The Morgan fingerprint density at radius 2 is 1.44 bits per heavy atom. The second kappa shape index (κ2) is 13.0. The lowest BCUT2D eigenvalue weighted by Gasteiger charge is -2.33.